The summed E-state index contributed by atoms with van der Waals surface area (Å²) >= 11 is 0. The van der Waals surface area contributed by atoms with Crippen LogP contribution in [0.25, 0.3) is 0 Å². The van der Waals surface area contributed by atoms with Gasteiger partial charge in [-0.2, -0.15) is 0 Å². The van der Waals surface area contributed by atoms with Gasteiger partial charge in [0.15, 0.2) is 0 Å². The summed E-state index contributed by atoms with van der Waals surface area (Å²) in [6, 6.07) is 0. The lowest BCUT2D eigenvalue weighted by Gasteiger charge is -2.19. The second-order valence-corrected chi connectivity index (χ2v) is 2.77. The minimum absolute atomic E-state index is 0.480. The molecule has 0 spiro atoms. The molecule has 0 aromatic rings. The molecule has 0 aromatic heterocycles. The largest absolute Gasteiger partial charge is 0.394 e. The summed E-state index contributed by atoms with van der Waals surface area (Å²) in [7, 11) is 0. The van der Waals surface area contributed by atoms with Gasteiger partial charge in [0.05, 0.1) is 5.70 Å². The highest BCUT2D eigenvalue weighted by molar-refractivity contribution is 5.33. The molecule has 0 fully saturated rings. The van der Waals surface area contributed by atoms with Crippen LogP contribution in [-0.4, -0.2) is 5.67 Å². The molecule has 1 atom stereocenters. The smallest absolute Gasteiger partial charge is 0.147 e. The molecule has 4 heteroatoms. The molecule has 0 aromatic carbocycles. The minimum Gasteiger partial charge on any atom is -0.394 e. The zero-order chi connectivity index (χ0) is 8.65. The molecule has 11 heavy (non-hydrogen) atoms. The van der Waals surface area contributed by atoms with Crippen molar-refractivity contribution in [3.63, 3.8) is 0 Å². The van der Waals surface area contributed by atoms with Gasteiger partial charge in [0, 0.05) is 6.42 Å². The Hall–Kier alpha value is -0.930. The van der Waals surface area contributed by atoms with Crippen LogP contribution in [0.15, 0.2) is 23.4 Å². The van der Waals surface area contributed by atoms with Gasteiger partial charge in [-0.25, -0.2) is 13.2 Å². The summed E-state index contributed by atoms with van der Waals surface area (Å²) in [6.07, 6.45) is 0.206. The van der Waals surface area contributed by atoms with Gasteiger partial charge >= 0.3 is 0 Å². The zero-order valence-electron chi connectivity index (χ0n) is 6.00. The highest BCUT2D eigenvalue weighted by atomic mass is 19.2. The molecule has 62 valence electrons. The molecule has 1 unspecified atom stereocenters. The van der Waals surface area contributed by atoms with Crippen molar-refractivity contribution in [2.75, 3.05) is 0 Å². The second kappa shape index (κ2) is 2.29. The summed E-state index contributed by atoms with van der Waals surface area (Å²) in [5.74, 6) is -1.94. The van der Waals surface area contributed by atoms with Crippen LogP contribution in [0.1, 0.15) is 13.3 Å². The Kier molecular flexibility index (Phi) is 1.70. The first kappa shape index (κ1) is 8.17. The van der Waals surface area contributed by atoms with E-state index in [1.165, 1.54) is 0 Å². The van der Waals surface area contributed by atoms with Crippen LogP contribution in [0.5, 0.6) is 0 Å². The number of halogens is 3. The quantitative estimate of drug-likeness (QED) is 0.581. The summed E-state index contributed by atoms with van der Waals surface area (Å²) in [4.78, 5) is 0. The maximum Gasteiger partial charge on any atom is 0.147 e. The van der Waals surface area contributed by atoms with Gasteiger partial charge < -0.3 is 5.73 Å². The van der Waals surface area contributed by atoms with Crippen LogP contribution < -0.4 is 5.73 Å². The number of nitrogens with two attached hydrogens (primary N) is 1. The standard InChI is InChI=1S/C7H8F3N/c1-7(10)2-4(8)6(11)5(9)3-7/h2H,3,11H2,1H3. The van der Waals surface area contributed by atoms with Crippen LogP contribution >= 0.6 is 0 Å². The Labute approximate surface area is 62.4 Å². The fourth-order valence-corrected chi connectivity index (χ4v) is 0.921. The predicted octanol–water partition coefficient (Wildman–Crippen LogP) is 2.11. The van der Waals surface area contributed by atoms with Gasteiger partial charge in [0.2, 0.25) is 0 Å². The predicted molar refractivity (Wildman–Crippen MR) is 35.6 cm³/mol. The van der Waals surface area contributed by atoms with E-state index in [2.05, 4.69) is 0 Å². The van der Waals surface area contributed by atoms with Crippen molar-refractivity contribution in [2.45, 2.75) is 19.0 Å². The highest BCUT2D eigenvalue weighted by Crippen LogP contribution is 2.32. The van der Waals surface area contributed by atoms with Crippen molar-refractivity contribution in [2.24, 2.45) is 5.73 Å². The van der Waals surface area contributed by atoms with Gasteiger partial charge in [0.1, 0.15) is 17.3 Å². The monoisotopic (exact) mass is 163 g/mol. The Bertz CT molecular complexity index is 240. The lowest BCUT2D eigenvalue weighted by atomic mass is 9.97. The zero-order valence-corrected chi connectivity index (χ0v) is 6.00. The Morgan fingerprint density at radius 2 is 2.09 bits per heavy atom. The van der Waals surface area contributed by atoms with E-state index in [-0.39, 0.29) is 0 Å². The van der Waals surface area contributed by atoms with Crippen molar-refractivity contribution < 1.29 is 13.2 Å². The lowest BCUT2D eigenvalue weighted by molar-refractivity contribution is 0.231. The van der Waals surface area contributed by atoms with Crippen LogP contribution in [-0.2, 0) is 0 Å². The molecular formula is C7H8F3N. The molecular weight excluding hydrogens is 155 g/mol. The topological polar surface area (TPSA) is 26.0 Å². The molecule has 1 nitrogen and oxygen atoms in total. The average Bonchev–Trinajstić information content (AvgIpc) is 1.81. The van der Waals surface area contributed by atoms with E-state index < -0.39 is 29.4 Å². The molecule has 1 aliphatic carbocycles. The lowest BCUT2D eigenvalue weighted by Crippen LogP contribution is -2.21. The normalized spacial score (nSPS) is 32.2. The maximum atomic E-state index is 12.9. The van der Waals surface area contributed by atoms with Gasteiger partial charge in [-0.3, -0.25) is 0 Å². The van der Waals surface area contributed by atoms with Gasteiger partial charge in [0.25, 0.3) is 0 Å². The number of alkyl halides is 1. The van der Waals surface area contributed by atoms with Gasteiger partial charge in [-0.1, -0.05) is 0 Å². The SMILES string of the molecule is CC1(F)C=C(F)C(N)=C(F)C1. The molecule has 0 heterocycles. The van der Waals surface area contributed by atoms with Gasteiger partial charge in [-0.15, -0.1) is 0 Å². The Morgan fingerprint density at radius 3 is 2.55 bits per heavy atom. The van der Waals surface area contributed by atoms with Gasteiger partial charge in [-0.05, 0) is 13.0 Å². The molecule has 0 amide bonds. The van der Waals surface area contributed by atoms with E-state index in [9.17, 15) is 13.2 Å². The number of allylic oxidation sites excluding steroid dienone is 3. The van der Waals surface area contributed by atoms with Crippen LogP contribution in [0.2, 0.25) is 0 Å². The van der Waals surface area contributed by atoms with Crippen LogP contribution in [0.3, 0.4) is 0 Å². The van der Waals surface area contributed by atoms with Crippen LogP contribution in [0.4, 0.5) is 13.2 Å². The van der Waals surface area contributed by atoms with Crippen LogP contribution in [0, 0.1) is 0 Å². The number of hydrogen-bond acceptors (Lipinski definition) is 1. The van der Waals surface area contributed by atoms with E-state index in [0.717, 1.165) is 6.92 Å². The Balaban J connectivity index is 3.01. The van der Waals surface area contributed by atoms with Crippen molar-refractivity contribution in [3.05, 3.63) is 23.4 Å². The van der Waals surface area contributed by atoms with E-state index in [4.69, 9.17) is 5.73 Å². The fraction of sp³-hybridized carbons (Fsp3) is 0.429. The third-order valence-corrected chi connectivity index (χ3v) is 1.48. The summed E-state index contributed by atoms with van der Waals surface area (Å²) in [6.45, 7) is 1.10. The first-order valence-corrected chi connectivity index (χ1v) is 3.14. The van der Waals surface area contributed by atoms with Crippen molar-refractivity contribution in [1.29, 1.82) is 0 Å². The van der Waals surface area contributed by atoms with E-state index in [1.807, 2.05) is 0 Å². The second-order valence-electron chi connectivity index (χ2n) is 2.77. The summed E-state index contributed by atoms with van der Waals surface area (Å²) in [5, 5.41) is 0. The minimum atomic E-state index is -1.95. The summed E-state index contributed by atoms with van der Waals surface area (Å²) < 4.78 is 38.0. The molecule has 0 radical (unpaired) electrons. The average molecular weight is 163 g/mol. The van der Waals surface area contributed by atoms with Crippen molar-refractivity contribution in [3.8, 4) is 0 Å². The molecule has 2 N–H and O–H groups in total. The third-order valence-electron chi connectivity index (χ3n) is 1.48. The molecule has 0 saturated carbocycles. The molecule has 1 rings (SSSR count). The first-order valence-electron chi connectivity index (χ1n) is 3.14. The third kappa shape index (κ3) is 1.56. The van der Waals surface area contributed by atoms with E-state index >= 15 is 0 Å². The number of hydrogen-bond donors (Lipinski definition) is 1. The van der Waals surface area contributed by atoms with Crippen molar-refractivity contribution in [1.82, 2.24) is 0 Å². The molecule has 0 aliphatic heterocycles. The highest BCUT2D eigenvalue weighted by Gasteiger charge is 2.30. The first-order chi connectivity index (χ1) is 4.92. The van der Waals surface area contributed by atoms with E-state index in [1.54, 1.807) is 0 Å². The summed E-state index contributed by atoms with van der Waals surface area (Å²) in [5.41, 5.74) is 2.41. The Morgan fingerprint density at radius 1 is 1.55 bits per heavy atom. The molecule has 0 saturated heterocycles. The molecule has 1 aliphatic rings. The van der Waals surface area contributed by atoms with E-state index in [0.29, 0.717) is 6.08 Å². The maximum absolute atomic E-state index is 12.9. The number of rotatable bonds is 0. The fourth-order valence-electron chi connectivity index (χ4n) is 0.921. The van der Waals surface area contributed by atoms with Crippen molar-refractivity contribution >= 4 is 0 Å². The molecule has 0 bridgehead atoms.